The largest absolute Gasteiger partial charge is 0.457 e. The molecule has 0 atom stereocenters. The number of carbonyl (C=O) groups is 2. The molecule has 20 heteroatoms. The number of fused-ring (bicyclic) bond motifs is 4. The summed E-state index contributed by atoms with van der Waals surface area (Å²) in [6.07, 6.45) is 19.0. The van der Waals surface area contributed by atoms with Crippen LogP contribution >= 0.6 is 0 Å². The number of ether oxygens (including phenoxy) is 2. The molecule has 0 bridgehead atoms. The van der Waals surface area contributed by atoms with E-state index in [1.54, 1.807) is 67.8 Å². The third-order valence-corrected chi connectivity index (χ3v) is 13.3. The average molecular weight is 1020 g/mol. The monoisotopic (exact) mass is 1020 g/mol. The predicted octanol–water partition coefficient (Wildman–Crippen LogP) is 10.0. The van der Waals surface area contributed by atoms with Crippen LogP contribution in [0.3, 0.4) is 0 Å². The Balaban J connectivity index is 0.671. The van der Waals surface area contributed by atoms with E-state index in [4.69, 9.17) is 19.4 Å². The first-order valence-corrected chi connectivity index (χ1v) is 24.7. The molecule has 2 aliphatic rings. The number of anilines is 4. The minimum atomic E-state index is -0.572. The number of nitrogens with zero attached hydrogens (tertiary/aromatic N) is 13. The van der Waals surface area contributed by atoms with E-state index in [1.807, 2.05) is 86.8 Å². The Kier molecular flexibility index (Phi) is 12.5. The SMILES string of the molecule is C=CC(=O)N1CC=C(c2ncc3ncc(F)c(Nc4ccc(Oc5ccn6nc(/C=C/C(=O)N7CC=C(c8ccc9ncnc(Nc%10ccc(Oc%11ccn%12nccc%12c%11)c(C)c%10)c9n8)CC7)nc6c5)c(C)c4)c3n2)CC1. The zero-order chi connectivity index (χ0) is 52.6. The summed E-state index contributed by atoms with van der Waals surface area (Å²) < 4.78 is 31.3. The van der Waals surface area contributed by atoms with Crippen molar-refractivity contribution in [2.45, 2.75) is 26.7 Å². The smallest absolute Gasteiger partial charge is 0.246 e. The molecule has 0 radical (unpaired) electrons. The predicted molar refractivity (Wildman–Crippen MR) is 289 cm³/mol. The van der Waals surface area contributed by atoms with Crippen molar-refractivity contribution in [3.05, 3.63) is 181 Å². The molecule has 0 fully saturated rings. The second-order valence-electron chi connectivity index (χ2n) is 18.4. The number of nitrogens with one attached hydrogen (secondary N) is 2. The van der Waals surface area contributed by atoms with Gasteiger partial charge in [-0.1, -0.05) is 18.7 Å². The zero-order valence-corrected chi connectivity index (χ0v) is 41.6. The second kappa shape index (κ2) is 20.2. The number of rotatable bonds is 13. The Hall–Kier alpha value is -10.2. The molecule has 10 aromatic rings. The van der Waals surface area contributed by atoms with Gasteiger partial charge in [0.05, 0.1) is 29.1 Å². The lowest BCUT2D eigenvalue weighted by molar-refractivity contribution is -0.126. The molecule has 19 nitrogen and oxygen atoms in total. The number of carbonyl (C=O) groups excluding carboxylic acids is 2. The quantitative estimate of drug-likeness (QED) is 0.103. The standard InChI is InChI=1S/C57H46FN15O4/c1-4-51(74)70-23-16-37(17-24-70)56-60-32-46-54(68-56)53(43(58)31-59-46)64-38-5-9-48(34(2)27-38)77-42-19-26-73-50(30-42)67-49(69-73)11-12-52(75)71-21-14-36(15-22-71)44-7-8-45-55(66-44)57(62-33-61-45)65-39-6-10-47(35(3)28-39)76-41-18-25-72-40(29-41)13-20-63-72/h4-14,16,18-20,25-33H,1,15,17,21-24H2,2-3H3,(H,59,64)(H,61,62,65)/b12-11+. The summed E-state index contributed by atoms with van der Waals surface area (Å²) in [6.45, 7) is 9.26. The molecule has 0 spiro atoms. The average Bonchev–Trinajstić information content (AvgIpc) is 4.12. The second-order valence-corrected chi connectivity index (χ2v) is 18.4. The van der Waals surface area contributed by atoms with Gasteiger partial charge in [0.15, 0.2) is 28.9 Å². The van der Waals surface area contributed by atoms with Crippen molar-refractivity contribution in [1.82, 2.24) is 63.9 Å². The molecule has 0 saturated carbocycles. The first kappa shape index (κ1) is 47.7. The van der Waals surface area contributed by atoms with Crippen molar-refractivity contribution in [1.29, 1.82) is 0 Å². The molecule has 8 aromatic heterocycles. The van der Waals surface area contributed by atoms with E-state index in [-0.39, 0.29) is 17.5 Å². The van der Waals surface area contributed by atoms with Crippen molar-refractivity contribution in [3.63, 3.8) is 0 Å². The summed E-state index contributed by atoms with van der Waals surface area (Å²) in [5, 5.41) is 15.4. The highest BCUT2D eigenvalue weighted by atomic mass is 19.1. The van der Waals surface area contributed by atoms with E-state index in [0.29, 0.717) is 101 Å². The van der Waals surface area contributed by atoms with Crippen LogP contribution in [0, 0.1) is 19.7 Å². The van der Waals surface area contributed by atoms with Crippen molar-refractivity contribution in [2.75, 3.05) is 36.8 Å². The van der Waals surface area contributed by atoms with Crippen molar-refractivity contribution >= 4 is 85.1 Å². The van der Waals surface area contributed by atoms with Gasteiger partial charge in [-0.25, -0.2) is 48.3 Å². The molecule has 0 aliphatic carbocycles. The van der Waals surface area contributed by atoms with Crippen molar-refractivity contribution in [2.24, 2.45) is 0 Å². The van der Waals surface area contributed by atoms with Crippen molar-refractivity contribution < 1.29 is 23.5 Å². The Labute approximate surface area is 438 Å². The number of pyridine rings is 4. The molecule has 0 unspecified atom stereocenters. The summed E-state index contributed by atoms with van der Waals surface area (Å²) in [5.74, 6) is 3.05. The molecule has 2 aromatic carbocycles. The van der Waals surface area contributed by atoms with Crippen LogP contribution in [-0.2, 0) is 9.59 Å². The molecular formula is C57H46FN15O4. The van der Waals surface area contributed by atoms with Crippen LogP contribution < -0.4 is 20.1 Å². The maximum Gasteiger partial charge on any atom is 0.246 e. The summed E-state index contributed by atoms with van der Waals surface area (Å²) in [6, 6.07) is 24.4. The van der Waals surface area contributed by atoms with E-state index in [0.717, 1.165) is 56.9 Å². The zero-order valence-electron chi connectivity index (χ0n) is 41.6. The first-order valence-electron chi connectivity index (χ1n) is 24.7. The van der Waals surface area contributed by atoms with Gasteiger partial charge in [0, 0.05) is 74.4 Å². The van der Waals surface area contributed by atoms with Crippen LogP contribution in [-0.4, -0.2) is 102 Å². The minimum Gasteiger partial charge on any atom is -0.457 e. The van der Waals surface area contributed by atoms with Crippen LogP contribution in [0.1, 0.15) is 41.3 Å². The normalized spacial score (nSPS) is 13.8. The molecule has 10 heterocycles. The Morgan fingerprint density at radius 3 is 2.17 bits per heavy atom. The molecule has 12 rings (SSSR count). The molecule has 0 saturated heterocycles. The van der Waals surface area contributed by atoms with Gasteiger partial charge in [-0.15, -0.1) is 5.10 Å². The van der Waals surface area contributed by atoms with Gasteiger partial charge in [0.1, 0.15) is 51.6 Å². The maximum absolute atomic E-state index is 15.4. The highest BCUT2D eigenvalue weighted by molar-refractivity contribution is 5.93. The van der Waals surface area contributed by atoms with Crippen molar-refractivity contribution in [3.8, 4) is 23.0 Å². The van der Waals surface area contributed by atoms with E-state index < -0.39 is 5.82 Å². The van der Waals surface area contributed by atoms with Gasteiger partial charge in [0.25, 0.3) is 0 Å². The van der Waals surface area contributed by atoms with Crippen LogP contribution in [0.15, 0.2) is 147 Å². The first-order chi connectivity index (χ1) is 37.6. The fourth-order valence-corrected chi connectivity index (χ4v) is 9.19. The highest BCUT2D eigenvalue weighted by Gasteiger charge is 2.21. The van der Waals surface area contributed by atoms with E-state index >= 15 is 4.39 Å². The molecule has 380 valence electrons. The van der Waals surface area contributed by atoms with Crippen LogP contribution in [0.5, 0.6) is 23.0 Å². The number of aromatic nitrogens is 11. The van der Waals surface area contributed by atoms with E-state index in [1.165, 1.54) is 18.5 Å². The van der Waals surface area contributed by atoms with Gasteiger partial charge in [-0.05, 0) is 128 Å². The number of benzene rings is 2. The third kappa shape index (κ3) is 9.97. The molecule has 77 heavy (non-hydrogen) atoms. The number of aryl methyl sites for hydroxylation is 2. The number of hydrogen-bond donors (Lipinski definition) is 2. The summed E-state index contributed by atoms with van der Waals surface area (Å²) in [4.78, 5) is 61.0. The fourth-order valence-electron chi connectivity index (χ4n) is 9.19. The lowest BCUT2D eigenvalue weighted by Gasteiger charge is -2.25. The molecule has 2 aliphatic heterocycles. The van der Waals surface area contributed by atoms with Gasteiger partial charge in [-0.3, -0.25) is 9.59 Å². The Bertz CT molecular complexity index is 4110. The van der Waals surface area contributed by atoms with Gasteiger partial charge in [-0.2, -0.15) is 5.10 Å². The van der Waals surface area contributed by atoms with E-state index in [9.17, 15) is 9.59 Å². The summed E-state index contributed by atoms with van der Waals surface area (Å²) in [7, 11) is 0. The number of amides is 2. The molecule has 2 amide bonds. The topological polar surface area (TPSA) is 208 Å². The third-order valence-electron chi connectivity index (χ3n) is 13.3. The lowest BCUT2D eigenvalue weighted by atomic mass is 10.0. The van der Waals surface area contributed by atoms with Crippen LogP contribution in [0.25, 0.3) is 50.5 Å². The van der Waals surface area contributed by atoms with Gasteiger partial charge >= 0.3 is 0 Å². The molecule has 2 N–H and O–H groups in total. The summed E-state index contributed by atoms with van der Waals surface area (Å²) >= 11 is 0. The minimum absolute atomic E-state index is 0.140. The summed E-state index contributed by atoms with van der Waals surface area (Å²) in [5.41, 5.74) is 9.54. The lowest BCUT2D eigenvalue weighted by Crippen LogP contribution is -2.33. The van der Waals surface area contributed by atoms with Crippen LogP contribution in [0.2, 0.25) is 0 Å². The number of halogens is 1. The fraction of sp³-hybridized carbons (Fsp3) is 0.140. The number of hydrogen-bond acceptors (Lipinski definition) is 15. The Morgan fingerprint density at radius 2 is 1.43 bits per heavy atom. The van der Waals surface area contributed by atoms with E-state index in [2.05, 4.69) is 52.3 Å². The Morgan fingerprint density at radius 1 is 0.701 bits per heavy atom. The maximum atomic E-state index is 15.4. The van der Waals surface area contributed by atoms with Crippen LogP contribution in [0.4, 0.5) is 27.3 Å². The highest BCUT2D eigenvalue weighted by Crippen LogP contribution is 2.34. The van der Waals surface area contributed by atoms with Gasteiger partial charge < -0.3 is 29.9 Å². The van der Waals surface area contributed by atoms with Gasteiger partial charge in [0.2, 0.25) is 11.8 Å². The molecular weight excluding hydrogens is 978 g/mol.